The van der Waals surface area contributed by atoms with Crippen LogP contribution >= 0.6 is 15.9 Å². The van der Waals surface area contributed by atoms with E-state index in [1.165, 1.54) is 17.7 Å². The van der Waals surface area contributed by atoms with Gasteiger partial charge in [0.25, 0.3) is 0 Å². The minimum atomic E-state index is -5.13. The van der Waals surface area contributed by atoms with Crippen LogP contribution in [0.3, 0.4) is 0 Å². The molecular formula is C8H7BrF3N3O3. The lowest BCUT2D eigenvalue weighted by Crippen LogP contribution is -2.48. The van der Waals surface area contributed by atoms with Crippen molar-refractivity contribution in [2.75, 3.05) is 0 Å². The Hall–Kier alpha value is -1.58. The highest BCUT2D eigenvalue weighted by Gasteiger charge is 2.40. The second kappa shape index (κ2) is 5.38. The standard InChI is InChI=1S/C8H7BrF3N3O3/c9-4-1-13-15(2-4)3-5(6(16)17)14-7(18)8(10,11)12/h1-2,5H,3H2,(H,14,18)(H,16,17). The summed E-state index contributed by atoms with van der Waals surface area (Å²) in [5.74, 6) is -3.89. The lowest BCUT2D eigenvalue weighted by Gasteiger charge is -2.15. The highest BCUT2D eigenvalue weighted by molar-refractivity contribution is 9.10. The summed E-state index contributed by atoms with van der Waals surface area (Å²) >= 11 is 3.04. The maximum absolute atomic E-state index is 12.0. The number of nitrogens with zero attached hydrogens (tertiary/aromatic N) is 2. The van der Waals surface area contributed by atoms with Gasteiger partial charge in [-0.05, 0) is 15.9 Å². The summed E-state index contributed by atoms with van der Waals surface area (Å²) in [4.78, 5) is 21.4. The van der Waals surface area contributed by atoms with Gasteiger partial charge in [-0.25, -0.2) is 4.79 Å². The molecule has 2 N–H and O–H groups in total. The predicted octanol–water partition coefficient (Wildman–Crippen LogP) is 0.777. The molecule has 18 heavy (non-hydrogen) atoms. The third-order valence-corrected chi connectivity index (χ3v) is 2.24. The van der Waals surface area contributed by atoms with Crippen molar-refractivity contribution in [3.05, 3.63) is 16.9 Å². The number of hydrogen-bond donors (Lipinski definition) is 2. The number of carbonyl (C=O) groups is 2. The second-order valence-corrected chi connectivity index (χ2v) is 4.16. The van der Waals surface area contributed by atoms with Crippen molar-refractivity contribution < 1.29 is 27.9 Å². The van der Waals surface area contributed by atoms with Crippen molar-refractivity contribution in [1.82, 2.24) is 15.1 Å². The third kappa shape index (κ3) is 4.02. The van der Waals surface area contributed by atoms with Crippen LogP contribution in [0.4, 0.5) is 13.2 Å². The lowest BCUT2D eigenvalue weighted by atomic mass is 10.3. The molecule has 0 radical (unpaired) electrons. The van der Waals surface area contributed by atoms with Gasteiger partial charge < -0.3 is 10.4 Å². The van der Waals surface area contributed by atoms with Crippen LogP contribution in [0.1, 0.15) is 0 Å². The molecule has 1 atom stereocenters. The summed E-state index contributed by atoms with van der Waals surface area (Å²) in [5, 5.41) is 13.8. The van der Waals surface area contributed by atoms with Gasteiger partial charge in [0.1, 0.15) is 6.04 Å². The number of alkyl halides is 3. The molecule has 6 nitrogen and oxygen atoms in total. The fourth-order valence-corrected chi connectivity index (χ4v) is 1.38. The largest absolute Gasteiger partial charge is 0.480 e. The van der Waals surface area contributed by atoms with Crippen LogP contribution in [0, 0.1) is 0 Å². The highest BCUT2D eigenvalue weighted by atomic mass is 79.9. The first-order valence-corrected chi connectivity index (χ1v) is 5.28. The first kappa shape index (κ1) is 14.5. The Labute approximate surface area is 107 Å². The van der Waals surface area contributed by atoms with Gasteiger partial charge in [0.15, 0.2) is 0 Å². The summed E-state index contributed by atoms with van der Waals surface area (Å²) < 4.78 is 37.6. The molecule has 1 amide bonds. The average Bonchev–Trinajstić information content (AvgIpc) is 2.61. The Morgan fingerprint density at radius 2 is 2.17 bits per heavy atom. The molecule has 0 aliphatic carbocycles. The summed E-state index contributed by atoms with van der Waals surface area (Å²) in [6.45, 7) is -0.414. The molecule has 100 valence electrons. The maximum atomic E-state index is 12.0. The van der Waals surface area contributed by atoms with Gasteiger partial charge in [-0.3, -0.25) is 9.48 Å². The van der Waals surface area contributed by atoms with Crippen LogP contribution in [0.2, 0.25) is 0 Å². The van der Waals surface area contributed by atoms with Gasteiger partial charge in [0.2, 0.25) is 0 Å². The number of nitrogens with one attached hydrogen (secondary N) is 1. The Morgan fingerprint density at radius 1 is 1.56 bits per heavy atom. The van der Waals surface area contributed by atoms with E-state index in [0.29, 0.717) is 4.47 Å². The van der Waals surface area contributed by atoms with Gasteiger partial charge in [-0.1, -0.05) is 0 Å². The molecule has 0 saturated carbocycles. The fourth-order valence-electron chi connectivity index (χ4n) is 1.05. The van der Waals surface area contributed by atoms with Gasteiger partial charge in [-0.15, -0.1) is 0 Å². The topological polar surface area (TPSA) is 84.2 Å². The number of halogens is 4. The summed E-state index contributed by atoms with van der Waals surface area (Å²) in [7, 11) is 0. The molecule has 0 aromatic carbocycles. The molecule has 0 aliphatic rings. The number of carboxylic acids is 1. The van der Waals surface area contributed by atoms with Crippen LogP contribution in [0.5, 0.6) is 0 Å². The number of aromatic nitrogens is 2. The molecule has 1 rings (SSSR count). The normalized spacial score (nSPS) is 13.1. The minimum Gasteiger partial charge on any atom is -0.480 e. The van der Waals surface area contributed by atoms with Crippen LogP contribution < -0.4 is 5.32 Å². The zero-order valence-electron chi connectivity index (χ0n) is 8.61. The smallest absolute Gasteiger partial charge is 0.471 e. The first-order chi connectivity index (χ1) is 8.20. The van der Waals surface area contributed by atoms with E-state index in [9.17, 15) is 22.8 Å². The number of amides is 1. The number of carbonyl (C=O) groups excluding carboxylic acids is 1. The van der Waals surface area contributed by atoms with E-state index in [1.54, 1.807) is 0 Å². The van der Waals surface area contributed by atoms with Crippen LogP contribution in [0.15, 0.2) is 16.9 Å². The molecule has 1 heterocycles. The Morgan fingerprint density at radius 3 is 2.56 bits per heavy atom. The Kier molecular flexibility index (Phi) is 4.33. The van der Waals surface area contributed by atoms with Gasteiger partial charge in [0.05, 0.1) is 17.2 Å². The van der Waals surface area contributed by atoms with Crippen molar-refractivity contribution in [2.45, 2.75) is 18.8 Å². The van der Waals surface area contributed by atoms with E-state index in [4.69, 9.17) is 5.11 Å². The van der Waals surface area contributed by atoms with E-state index in [0.717, 1.165) is 4.68 Å². The summed E-state index contributed by atoms with van der Waals surface area (Å²) in [6.07, 6.45) is -2.42. The molecule has 0 bridgehead atoms. The Balaban J connectivity index is 2.73. The number of rotatable bonds is 4. The third-order valence-electron chi connectivity index (χ3n) is 1.83. The van der Waals surface area contributed by atoms with E-state index in [1.807, 2.05) is 0 Å². The number of aliphatic carboxylic acids is 1. The number of carboxylic acid groups (broad SMARTS) is 1. The molecular weight excluding hydrogens is 323 g/mol. The van der Waals surface area contributed by atoms with Crippen LogP contribution in [-0.2, 0) is 16.1 Å². The van der Waals surface area contributed by atoms with Crippen LogP contribution in [0.25, 0.3) is 0 Å². The Bertz CT molecular complexity index is 460. The van der Waals surface area contributed by atoms with Crippen LogP contribution in [-0.4, -0.2) is 39.0 Å². The lowest BCUT2D eigenvalue weighted by molar-refractivity contribution is -0.175. The second-order valence-electron chi connectivity index (χ2n) is 3.24. The molecule has 0 spiro atoms. The van der Waals surface area contributed by atoms with Crippen molar-refractivity contribution >= 4 is 27.8 Å². The average molecular weight is 330 g/mol. The SMILES string of the molecule is O=C(O)C(Cn1cc(Br)cn1)NC(=O)C(F)(F)F. The fraction of sp³-hybridized carbons (Fsp3) is 0.375. The monoisotopic (exact) mass is 329 g/mol. The molecule has 1 aromatic rings. The zero-order valence-corrected chi connectivity index (χ0v) is 10.2. The zero-order chi connectivity index (χ0) is 13.9. The van der Waals surface area contributed by atoms with Gasteiger partial charge >= 0.3 is 18.1 Å². The first-order valence-electron chi connectivity index (χ1n) is 4.48. The van der Waals surface area contributed by atoms with Crippen molar-refractivity contribution in [2.24, 2.45) is 0 Å². The van der Waals surface area contributed by atoms with Crippen molar-refractivity contribution in [3.63, 3.8) is 0 Å². The molecule has 1 unspecified atom stereocenters. The van der Waals surface area contributed by atoms with E-state index in [2.05, 4.69) is 21.0 Å². The molecule has 0 aliphatic heterocycles. The maximum Gasteiger partial charge on any atom is 0.471 e. The van der Waals surface area contributed by atoms with E-state index < -0.39 is 30.6 Å². The van der Waals surface area contributed by atoms with Crippen molar-refractivity contribution in [3.8, 4) is 0 Å². The van der Waals surface area contributed by atoms with E-state index in [-0.39, 0.29) is 0 Å². The highest BCUT2D eigenvalue weighted by Crippen LogP contribution is 2.15. The molecule has 0 saturated heterocycles. The van der Waals surface area contributed by atoms with Gasteiger partial charge in [-0.2, -0.15) is 18.3 Å². The quantitative estimate of drug-likeness (QED) is 0.854. The number of hydrogen-bond acceptors (Lipinski definition) is 3. The minimum absolute atomic E-state index is 0.414. The predicted molar refractivity (Wildman–Crippen MR) is 55.5 cm³/mol. The van der Waals surface area contributed by atoms with E-state index >= 15 is 0 Å². The van der Waals surface area contributed by atoms with Crippen molar-refractivity contribution in [1.29, 1.82) is 0 Å². The summed E-state index contributed by atoms with van der Waals surface area (Å²) in [6, 6.07) is -1.72. The molecule has 0 fully saturated rings. The molecule has 1 aromatic heterocycles. The molecule has 10 heteroatoms. The summed E-state index contributed by atoms with van der Waals surface area (Å²) in [5.41, 5.74) is 0. The van der Waals surface area contributed by atoms with Gasteiger partial charge in [0, 0.05) is 6.20 Å².